The van der Waals surface area contributed by atoms with Crippen molar-refractivity contribution in [3.8, 4) is 5.75 Å². The van der Waals surface area contributed by atoms with E-state index < -0.39 is 5.82 Å². The molecule has 0 aliphatic carbocycles. The summed E-state index contributed by atoms with van der Waals surface area (Å²) in [6, 6.07) is 4.63. The highest BCUT2D eigenvalue weighted by Crippen LogP contribution is 2.25. The van der Waals surface area contributed by atoms with Crippen molar-refractivity contribution < 1.29 is 9.50 Å². The zero-order chi connectivity index (χ0) is 7.84. The first kappa shape index (κ1) is 6.22. The van der Waals surface area contributed by atoms with Crippen LogP contribution >= 0.6 is 0 Å². The molecular formula is C8H6FNO. The van der Waals surface area contributed by atoms with Gasteiger partial charge in [-0.1, -0.05) is 0 Å². The van der Waals surface area contributed by atoms with E-state index in [1.54, 1.807) is 18.3 Å². The number of aromatic amines is 1. The fourth-order valence-corrected chi connectivity index (χ4v) is 1.09. The van der Waals surface area contributed by atoms with Crippen molar-refractivity contribution in [1.29, 1.82) is 0 Å². The van der Waals surface area contributed by atoms with Crippen molar-refractivity contribution in [1.82, 2.24) is 4.98 Å². The molecule has 0 unspecified atom stereocenters. The summed E-state index contributed by atoms with van der Waals surface area (Å²) in [4.78, 5) is 2.74. The molecule has 11 heavy (non-hydrogen) atoms. The zero-order valence-corrected chi connectivity index (χ0v) is 5.63. The number of halogens is 1. The molecule has 2 N–H and O–H groups in total. The Morgan fingerprint density at radius 3 is 2.91 bits per heavy atom. The number of aromatic nitrogens is 1. The number of aromatic hydroxyl groups is 1. The Hall–Kier alpha value is -1.51. The van der Waals surface area contributed by atoms with E-state index in [9.17, 15) is 4.39 Å². The van der Waals surface area contributed by atoms with Gasteiger partial charge in [0, 0.05) is 11.6 Å². The Labute approximate surface area is 62.3 Å². The highest BCUT2D eigenvalue weighted by atomic mass is 19.1. The largest absolute Gasteiger partial charge is 0.503 e. The summed E-state index contributed by atoms with van der Waals surface area (Å²) in [6.45, 7) is 0. The van der Waals surface area contributed by atoms with Crippen LogP contribution in [0.2, 0.25) is 0 Å². The fourth-order valence-electron chi connectivity index (χ4n) is 1.09. The van der Waals surface area contributed by atoms with Gasteiger partial charge in [-0.2, -0.15) is 0 Å². The van der Waals surface area contributed by atoms with Crippen LogP contribution in [0.4, 0.5) is 4.39 Å². The number of hydrogen-bond donors (Lipinski definition) is 2. The van der Waals surface area contributed by atoms with E-state index in [0.29, 0.717) is 5.52 Å². The molecule has 1 heterocycles. The van der Waals surface area contributed by atoms with Crippen molar-refractivity contribution in [3.63, 3.8) is 0 Å². The monoisotopic (exact) mass is 151 g/mol. The summed E-state index contributed by atoms with van der Waals surface area (Å²) in [5.41, 5.74) is 0.449. The second-order valence-corrected chi connectivity index (χ2v) is 2.34. The van der Waals surface area contributed by atoms with Crippen molar-refractivity contribution >= 4 is 10.9 Å². The Kier molecular flexibility index (Phi) is 1.12. The molecule has 2 nitrogen and oxygen atoms in total. The molecule has 0 aliphatic heterocycles. The molecule has 3 heteroatoms. The fraction of sp³-hybridized carbons (Fsp3) is 0. The quantitative estimate of drug-likeness (QED) is 0.593. The topological polar surface area (TPSA) is 36.0 Å². The Balaban J connectivity index is 2.93. The van der Waals surface area contributed by atoms with E-state index in [2.05, 4.69) is 4.98 Å². The number of phenolic OH excluding ortho intramolecular Hbond substituents is 1. The van der Waals surface area contributed by atoms with Crippen LogP contribution in [-0.4, -0.2) is 10.1 Å². The lowest BCUT2D eigenvalue weighted by Crippen LogP contribution is -1.76. The molecule has 0 amide bonds. The van der Waals surface area contributed by atoms with E-state index >= 15 is 0 Å². The van der Waals surface area contributed by atoms with Gasteiger partial charge in [0.15, 0.2) is 11.6 Å². The number of hydrogen-bond acceptors (Lipinski definition) is 1. The van der Waals surface area contributed by atoms with Gasteiger partial charge in [-0.25, -0.2) is 4.39 Å². The number of phenols is 1. The van der Waals surface area contributed by atoms with Crippen LogP contribution in [0.1, 0.15) is 0 Å². The molecule has 0 spiro atoms. The second kappa shape index (κ2) is 1.99. The first-order valence-corrected chi connectivity index (χ1v) is 3.23. The second-order valence-electron chi connectivity index (χ2n) is 2.34. The van der Waals surface area contributed by atoms with E-state index in [4.69, 9.17) is 5.11 Å². The molecular weight excluding hydrogens is 145 g/mol. The Morgan fingerprint density at radius 2 is 2.09 bits per heavy atom. The molecule has 0 saturated carbocycles. The van der Waals surface area contributed by atoms with E-state index in [-0.39, 0.29) is 5.75 Å². The van der Waals surface area contributed by atoms with Crippen LogP contribution in [0.15, 0.2) is 24.4 Å². The third kappa shape index (κ3) is 0.774. The van der Waals surface area contributed by atoms with Crippen molar-refractivity contribution in [2.45, 2.75) is 0 Å². The molecule has 0 radical (unpaired) electrons. The minimum absolute atomic E-state index is 0.312. The van der Waals surface area contributed by atoms with E-state index in [1.165, 1.54) is 6.07 Å². The Morgan fingerprint density at radius 1 is 1.27 bits per heavy atom. The van der Waals surface area contributed by atoms with Crippen LogP contribution in [0, 0.1) is 5.82 Å². The molecule has 2 aromatic rings. The minimum atomic E-state index is -0.597. The predicted octanol–water partition coefficient (Wildman–Crippen LogP) is 2.01. The average molecular weight is 151 g/mol. The number of nitrogens with one attached hydrogen (secondary N) is 1. The predicted molar refractivity (Wildman–Crippen MR) is 39.9 cm³/mol. The molecule has 0 bridgehead atoms. The van der Waals surface area contributed by atoms with Crippen LogP contribution in [0.3, 0.4) is 0 Å². The molecule has 56 valence electrons. The molecule has 1 aromatic carbocycles. The zero-order valence-electron chi connectivity index (χ0n) is 5.63. The van der Waals surface area contributed by atoms with Crippen molar-refractivity contribution in [3.05, 3.63) is 30.2 Å². The van der Waals surface area contributed by atoms with Crippen LogP contribution in [-0.2, 0) is 0 Å². The maximum absolute atomic E-state index is 12.7. The van der Waals surface area contributed by atoms with Crippen molar-refractivity contribution in [2.75, 3.05) is 0 Å². The highest BCUT2D eigenvalue weighted by Gasteiger charge is 2.04. The van der Waals surface area contributed by atoms with Gasteiger partial charge >= 0.3 is 0 Å². The van der Waals surface area contributed by atoms with E-state index in [0.717, 1.165) is 5.39 Å². The van der Waals surface area contributed by atoms with Gasteiger partial charge in [0.2, 0.25) is 0 Å². The summed E-state index contributed by atoms with van der Waals surface area (Å²) >= 11 is 0. The molecule has 1 aromatic heterocycles. The first-order valence-electron chi connectivity index (χ1n) is 3.23. The summed E-state index contributed by atoms with van der Waals surface area (Å²) < 4.78 is 12.7. The Bertz CT molecular complexity index is 394. The van der Waals surface area contributed by atoms with Gasteiger partial charge in [-0.05, 0) is 18.2 Å². The number of rotatable bonds is 0. The number of H-pyrrole nitrogens is 1. The lowest BCUT2D eigenvalue weighted by molar-refractivity contribution is 0.438. The van der Waals surface area contributed by atoms with Crippen molar-refractivity contribution in [2.24, 2.45) is 0 Å². The standard InChI is InChI=1S/C8H6FNO/c9-6-2-1-5-3-4-10-7(5)8(6)11/h1-4,10-11H. The normalized spacial score (nSPS) is 10.6. The third-order valence-electron chi connectivity index (χ3n) is 1.65. The van der Waals surface area contributed by atoms with Crippen LogP contribution in [0.25, 0.3) is 10.9 Å². The smallest absolute Gasteiger partial charge is 0.175 e. The summed E-state index contributed by atoms with van der Waals surface area (Å²) in [7, 11) is 0. The van der Waals surface area contributed by atoms with Crippen LogP contribution in [0.5, 0.6) is 5.75 Å². The first-order chi connectivity index (χ1) is 5.29. The molecule has 0 fully saturated rings. The maximum atomic E-state index is 12.7. The SMILES string of the molecule is Oc1c(F)ccc2cc[nH]c12. The summed E-state index contributed by atoms with van der Waals surface area (Å²) in [5.74, 6) is -0.910. The van der Waals surface area contributed by atoms with Gasteiger partial charge in [0.1, 0.15) is 0 Å². The van der Waals surface area contributed by atoms with Gasteiger partial charge in [-0.15, -0.1) is 0 Å². The lowest BCUT2D eigenvalue weighted by Gasteiger charge is -1.95. The third-order valence-corrected chi connectivity index (χ3v) is 1.65. The van der Waals surface area contributed by atoms with Gasteiger partial charge in [-0.3, -0.25) is 0 Å². The lowest BCUT2D eigenvalue weighted by atomic mass is 10.2. The summed E-state index contributed by atoms with van der Waals surface area (Å²) in [6.07, 6.45) is 1.66. The van der Waals surface area contributed by atoms with E-state index in [1.807, 2.05) is 0 Å². The average Bonchev–Trinajstić information content (AvgIpc) is 2.45. The maximum Gasteiger partial charge on any atom is 0.175 e. The van der Waals surface area contributed by atoms with Gasteiger partial charge < -0.3 is 10.1 Å². The molecule has 0 saturated heterocycles. The number of fused-ring (bicyclic) bond motifs is 1. The van der Waals surface area contributed by atoms with Crippen LogP contribution < -0.4 is 0 Å². The molecule has 0 atom stereocenters. The molecule has 0 aliphatic rings. The highest BCUT2D eigenvalue weighted by molar-refractivity contribution is 5.84. The molecule has 2 rings (SSSR count). The van der Waals surface area contributed by atoms with Gasteiger partial charge in [0.25, 0.3) is 0 Å². The van der Waals surface area contributed by atoms with Gasteiger partial charge in [0.05, 0.1) is 5.52 Å². The summed E-state index contributed by atoms with van der Waals surface area (Å²) in [5, 5.41) is 9.95. The minimum Gasteiger partial charge on any atom is -0.503 e. The number of benzene rings is 1.